The molecule has 0 aromatic heterocycles. The lowest BCUT2D eigenvalue weighted by Crippen LogP contribution is -2.24. The molecule has 0 N–H and O–H groups in total. The minimum absolute atomic E-state index is 0.949. The second kappa shape index (κ2) is 2.73. The summed E-state index contributed by atoms with van der Waals surface area (Å²) in [4.78, 5) is 0. The van der Waals surface area contributed by atoms with Gasteiger partial charge in [-0.15, -0.1) is 0 Å². The number of fused-ring (bicyclic) bond motifs is 5. The van der Waals surface area contributed by atoms with Crippen LogP contribution in [0.5, 0.6) is 0 Å². The minimum Gasteiger partial charge on any atom is -0.0884 e. The Morgan fingerprint density at radius 3 is 2.77 bits per heavy atom. The van der Waals surface area contributed by atoms with Crippen molar-refractivity contribution in [3.63, 3.8) is 0 Å². The van der Waals surface area contributed by atoms with Crippen molar-refractivity contribution in [3.05, 3.63) is 23.8 Å². The summed E-state index contributed by atoms with van der Waals surface area (Å²) in [5, 5.41) is 0. The fourth-order valence-corrected chi connectivity index (χ4v) is 3.78. The molecule has 0 heterocycles. The van der Waals surface area contributed by atoms with E-state index in [4.69, 9.17) is 0 Å². The van der Waals surface area contributed by atoms with Crippen molar-refractivity contribution in [1.82, 2.24) is 0 Å². The number of allylic oxidation sites excluding steroid dienone is 4. The topological polar surface area (TPSA) is 0 Å². The average molecular weight is 174 g/mol. The zero-order valence-corrected chi connectivity index (χ0v) is 8.37. The summed E-state index contributed by atoms with van der Waals surface area (Å²) in [7, 11) is 0. The van der Waals surface area contributed by atoms with Gasteiger partial charge in [-0.05, 0) is 56.3 Å². The molecule has 0 spiro atoms. The molecule has 0 radical (unpaired) electrons. The Morgan fingerprint density at radius 2 is 2.00 bits per heavy atom. The van der Waals surface area contributed by atoms with Gasteiger partial charge in [0.05, 0.1) is 0 Å². The van der Waals surface area contributed by atoms with Gasteiger partial charge >= 0.3 is 0 Å². The first-order valence-electron chi connectivity index (χ1n) is 5.71. The van der Waals surface area contributed by atoms with E-state index < -0.39 is 0 Å². The van der Waals surface area contributed by atoms with Crippen molar-refractivity contribution in [2.45, 2.75) is 32.6 Å². The Balaban J connectivity index is 1.86. The minimum atomic E-state index is 0.949. The Bertz CT molecular complexity index is 272. The second-order valence-corrected chi connectivity index (χ2v) is 4.97. The quantitative estimate of drug-likeness (QED) is 0.493. The first kappa shape index (κ1) is 7.84. The van der Waals surface area contributed by atoms with Gasteiger partial charge in [-0.3, -0.25) is 0 Å². The van der Waals surface area contributed by atoms with Crippen LogP contribution in [0.4, 0.5) is 0 Å². The predicted molar refractivity (Wildman–Crippen MR) is 55.3 cm³/mol. The second-order valence-electron chi connectivity index (χ2n) is 4.97. The van der Waals surface area contributed by atoms with Gasteiger partial charge in [-0.2, -0.15) is 0 Å². The van der Waals surface area contributed by atoms with E-state index in [0.717, 1.165) is 23.7 Å². The van der Waals surface area contributed by atoms with E-state index in [1.165, 1.54) is 25.7 Å². The van der Waals surface area contributed by atoms with Crippen LogP contribution in [-0.4, -0.2) is 0 Å². The van der Waals surface area contributed by atoms with Crippen LogP contribution in [0.3, 0.4) is 0 Å². The summed E-state index contributed by atoms with van der Waals surface area (Å²) in [5.74, 6) is 3.99. The van der Waals surface area contributed by atoms with Crippen molar-refractivity contribution in [3.8, 4) is 0 Å². The molecule has 3 aliphatic carbocycles. The molecule has 70 valence electrons. The molecule has 0 amide bonds. The maximum atomic E-state index is 2.49. The summed E-state index contributed by atoms with van der Waals surface area (Å²) in [6.07, 6.45) is 13.1. The highest BCUT2D eigenvalue weighted by atomic mass is 14.5. The third kappa shape index (κ3) is 1.04. The van der Waals surface area contributed by atoms with Crippen LogP contribution in [0.25, 0.3) is 0 Å². The van der Waals surface area contributed by atoms with Crippen molar-refractivity contribution >= 4 is 0 Å². The van der Waals surface area contributed by atoms with Crippen molar-refractivity contribution in [1.29, 1.82) is 0 Å². The molecule has 3 rings (SSSR count). The molecule has 2 fully saturated rings. The highest BCUT2D eigenvalue weighted by molar-refractivity contribution is 5.19. The van der Waals surface area contributed by atoms with Gasteiger partial charge in [0, 0.05) is 0 Å². The molecule has 13 heavy (non-hydrogen) atoms. The van der Waals surface area contributed by atoms with Crippen LogP contribution in [0.2, 0.25) is 0 Å². The largest absolute Gasteiger partial charge is 0.0884 e. The maximum Gasteiger partial charge on any atom is -0.0193 e. The smallest absolute Gasteiger partial charge is 0.0193 e. The molecule has 2 saturated carbocycles. The maximum absolute atomic E-state index is 2.49. The fraction of sp³-hybridized carbons (Fsp3) is 0.692. The first-order valence-corrected chi connectivity index (χ1v) is 5.71. The van der Waals surface area contributed by atoms with E-state index >= 15 is 0 Å². The zero-order chi connectivity index (χ0) is 8.84. The SMILES string of the molecule is CC=C1CCC2C3C=CC(C3)C2C1. The Labute approximate surface area is 80.7 Å². The van der Waals surface area contributed by atoms with Gasteiger partial charge in [-0.1, -0.05) is 23.8 Å². The van der Waals surface area contributed by atoms with Gasteiger partial charge in [0.2, 0.25) is 0 Å². The molecule has 4 unspecified atom stereocenters. The van der Waals surface area contributed by atoms with Gasteiger partial charge in [0.15, 0.2) is 0 Å². The van der Waals surface area contributed by atoms with Crippen LogP contribution < -0.4 is 0 Å². The van der Waals surface area contributed by atoms with Crippen molar-refractivity contribution in [2.75, 3.05) is 0 Å². The summed E-state index contributed by atoms with van der Waals surface area (Å²) < 4.78 is 0. The number of hydrogen-bond acceptors (Lipinski definition) is 0. The number of hydrogen-bond donors (Lipinski definition) is 0. The molecule has 0 aliphatic heterocycles. The molecule has 4 atom stereocenters. The van der Waals surface area contributed by atoms with E-state index in [1.807, 2.05) is 0 Å². The van der Waals surface area contributed by atoms with Crippen LogP contribution in [0, 0.1) is 23.7 Å². The van der Waals surface area contributed by atoms with E-state index in [9.17, 15) is 0 Å². The molecule has 3 aliphatic rings. The van der Waals surface area contributed by atoms with Crippen LogP contribution in [0.1, 0.15) is 32.6 Å². The Morgan fingerprint density at radius 1 is 1.23 bits per heavy atom. The molecular weight excluding hydrogens is 156 g/mol. The Kier molecular flexibility index (Phi) is 1.65. The Hall–Kier alpha value is -0.520. The van der Waals surface area contributed by atoms with E-state index in [1.54, 1.807) is 5.57 Å². The molecule has 0 aromatic rings. The molecular formula is C13H18. The van der Waals surface area contributed by atoms with Gasteiger partial charge in [0.1, 0.15) is 0 Å². The van der Waals surface area contributed by atoms with Crippen molar-refractivity contribution < 1.29 is 0 Å². The van der Waals surface area contributed by atoms with Crippen LogP contribution in [0.15, 0.2) is 23.8 Å². The monoisotopic (exact) mass is 174 g/mol. The average Bonchev–Trinajstić information content (AvgIpc) is 2.77. The molecule has 0 saturated heterocycles. The lowest BCUT2D eigenvalue weighted by molar-refractivity contribution is 0.258. The summed E-state index contributed by atoms with van der Waals surface area (Å²) in [5.41, 5.74) is 1.72. The van der Waals surface area contributed by atoms with Gasteiger partial charge in [0.25, 0.3) is 0 Å². The zero-order valence-electron chi connectivity index (χ0n) is 8.37. The van der Waals surface area contributed by atoms with Crippen LogP contribution >= 0.6 is 0 Å². The van der Waals surface area contributed by atoms with E-state index in [0.29, 0.717) is 0 Å². The molecule has 2 bridgehead atoms. The molecule has 0 aromatic carbocycles. The first-order chi connectivity index (χ1) is 6.38. The summed E-state index contributed by atoms with van der Waals surface area (Å²) in [6, 6.07) is 0. The van der Waals surface area contributed by atoms with Crippen molar-refractivity contribution in [2.24, 2.45) is 23.7 Å². The van der Waals surface area contributed by atoms with Gasteiger partial charge in [-0.25, -0.2) is 0 Å². The van der Waals surface area contributed by atoms with Gasteiger partial charge < -0.3 is 0 Å². The summed E-state index contributed by atoms with van der Waals surface area (Å²) in [6.45, 7) is 2.21. The van der Waals surface area contributed by atoms with E-state index in [2.05, 4.69) is 25.2 Å². The molecule has 0 heteroatoms. The lowest BCUT2D eigenvalue weighted by atomic mass is 9.71. The van der Waals surface area contributed by atoms with Crippen LogP contribution in [-0.2, 0) is 0 Å². The number of rotatable bonds is 0. The normalized spacial score (nSPS) is 50.1. The third-order valence-corrected chi connectivity index (χ3v) is 4.50. The highest BCUT2D eigenvalue weighted by Crippen LogP contribution is 2.54. The fourth-order valence-electron chi connectivity index (χ4n) is 3.78. The molecule has 0 nitrogen and oxygen atoms in total. The standard InChI is InChI=1S/C13H18/c1-2-9-3-6-12-10-4-5-11(8-10)13(12)7-9/h2,4-5,10-13H,3,6-8H2,1H3. The predicted octanol–water partition coefficient (Wildman–Crippen LogP) is 3.55. The summed E-state index contributed by atoms with van der Waals surface area (Å²) >= 11 is 0. The third-order valence-electron chi connectivity index (χ3n) is 4.50. The van der Waals surface area contributed by atoms with E-state index in [-0.39, 0.29) is 0 Å². The lowest BCUT2D eigenvalue weighted by Gasteiger charge is -2.33. The highest BCUT2D eigenvalue weighted by Gasteiger charge is 2.45.